The molecule has 0 nitrogen and oxygen atoms in total. The average Bonchev–Trinajstić information content (AvgIpc) is 3.25. The first kappa shape index (κ1) is 30.6. The van der Waals surface area contributed by atoms with E-state index in [9.17, 15) is 0 Å². The predicted octanol–water partition coefficient (Wildman–Crippen LogP) is 15.3. The van der Waals surface area contributed by atoms with Crippen LogP contribution in [0.5, 0.6) is 0 Å². The molecule has 0 heteroatoms. The van der Waals surface area contributed by atoms with Crippen molar-refractivity contribution in [1.82, 2.24) is 0 Å². The van der Waals surface area contributed by atoms with Gasteiger partial charge in [-0.05, 0) is 152 Å². The molecule has 0 saturated heterocycles. The maximum Gasteiger partial charge on any atom is -0.00988 e. The van der Waals surface area contributed by atoms with E-state index < -0.39 is 0 Å². The summed E-state index contributed by atoms with van der Waals surface area (Å²) in [6.07, 6.45) is 0. The van der Waals surface area contributed by atoms with Gasteiger partial charge in [-0.15, -0.1) is 0 Å². The van der Waals surface area contributed by atoms with Crippen LogP contribution < -0.4 is 0 Å². The minimum atomic E-state index is 1.22. The lowest BCUT2D eigenvalue weighted by molar-refractivity contribution is 1.61. The topological polar surface area (TPSA) is 0 Å². The van der Waals surface area contributed by atoms with Gasteiger partial charge >= 0.3 is 0 Å². The van der Waals surface area contributed by atoms with Crippen molar-refractivity contribution in [2.45, 2.75) is 0 Å². The Labute approximate surface area is 314 Å². The predicted molar refractivity (Wildman–Crippen MR) is 233 cm³/mol. The van der Waals surface area contributed by atoms with Crippen LogP contribution in [0.3, 0.4) is 0 Å². The second-order valence-electron chi connectivity index (χ2n) is 14.5. The summed E-state index contributed by atoms with van der Waals surface area (Å²) in [5, 5.41) is 15.3. The van der Waals surface area contributed by atoms with E-state index in [4.69, 9.17) is 0 Å². The van der Waals surface area contributed by atoms with Crippen molar-refractivity contribution in [1.29, 1.82) is 0 Å². The Morgan fingerprint density at radius 2 is 0.519 bits per heavy atom. The Balaban J connectivity index is 0.976. The highest BCUT2D eigenvalue weighted by atomic mass is 14.2. The molecule has 0 heterocycles. The standard InChI is InChI=1S/C54H34/c1-3-14-47-41(10-1)33-53(51-18-7-5-16-49(47)51)43-26-22-35-20-24-39(29-45(35)31-43)37-12-9-13-38(28-37)40-25-21-36-23-27-44(32-46(36)30-40)54-34-42-11-2-4-15-48(42)50-17-6-8-19-52(50)54/h1-34H. The van der Waals surface area contributed by atoms with Gasteiger partial charge in [0, 0.05) is 0 Å². The van der Waals surface area contributed by atoms with E-state index in [1.807, 2.05) is 0 Å². The molecule has 250 valence electrons. The van der Waals surface area contributed by atoms with Gasteiger partial charge in [0.25, 0.3) is 0 Å². The first-order valence-corrected chi connectivity index (χ1v) is 18.7. The molecule has 0 aliphatic carbocycles. The van der Waals surface area contributed by atoms with Gasteiger partial charge < -0.3 is 0 Å². The highest BCUT2D eigenvalue weighted by Gasteiger charge is 2.12. The first-order chi connectivity index (χ1) is 26.7. The van der Waals surface area contributed by atoms with Gasteiger partial charge in [-0.25, -0.2) is 0 Å². The molecule has 54 heavy (non-hydrogen) atoms. The SMILES string of the molecule is c1cc(-c2ccc3ccc(-c4cc5ccccc5c5ccccc45)cc3c2)cc(-c2ccc3ccc(-c4cc5ccccc5c5ccccc45)cc3c2)c1. The molecule has 0 aliphatic heterocycles. The summed E-state index contributed by atoms with van der Waals surface area (Å²) in [7, 11) is 0. The van der Waals surface area contributed by atoms with E-state index in [1.54, 1.807) is 0 Å². The van der Waals surface area contributed by atoms with Crippen molar-refractivity contribution in [3.63, 3.8) is 0 Å². The zero-order chi connectivity index (χ0) is 35.6. The number of benzene rings is 11. The largest absolute Gasteiger partial charge is 0.0616 e. The summed E-state index contributed by atoms with van der Waals surface area (Å²) in [6, 6.07) is 76.2. The highest BCUT2D eigenvalue weighted by molar-refractivity contribution is 6.15. The lowest BCUT2D eigenvalue weighted by Crippen LogP contribution is -1.86. The molecular formula is C54H34. The smallest absolute Gasteiger partial charge is 0.00988 e. The van der Waals surface area contributed by atoms with Gasteiger partial charge in [-0.2, -0.15) is 0 Å². The summed E-state index contributed by atoms with van der Waals surface area (Å²) in [4.78, 5) is 0. The van der Waals surface area contributed by atoms with Crippen molar-refractivity contribution in [2.75, 3.05) is 0 Å². The van der Waals surface area contributed by atoms with E-state index in [2.05, 4.69) is 206 Å². The van der Waals surface area contributed by atoms with Gasteiger partial charge in [-0.3, -0.25) is 0 Å². The second kappa shape index (κ2) is 12.3. The fourth-order valence-corrected chi connectivity index (χ4v) is 8.65. The fourth-order valence-electron chi connectivity index (χ4n) is 8.65. The van der Waals surface area contributed by atoms with E-state index in [-0.39, 0.29) is 0 Å². The zero-order valence-corrected chi connectivity index (χ0v) is 29.6. The highest BCUT2D eigenvalue weighted by Crippen LogP contribution is 2.39. The van der Waals surface area contributed by atoms with Crippen molar-refractivity contribution in [2.24, 2.45) is 0 Å². The number of fused-ring (bicyclic) bond motifs is 8. The molecule has 0 N–H and O–H groups in total. The number of rotatable bonds is 4. The van der Waals surface area contributed by atoms with Gasteiger partial charge in [0.05, 0.1) is 0 Å². The van der Waals surface area contributed by atoms with E-state index in [1.165, 1.54) is 109 Å². The molecule has 0 aliphatic rings. The minimum Gasteiger partial charge on any atom is -0.0616 e. The van der Waals surface area contributed by atoms with Crippen molar-refractivity contribution < 1.29 is 0 Å². The molecule has 11 aromatic rings. The molecule has 0 amide bonds. The van der Waals surface area contributed by atoms with E-state index >= 15 is 0 Å². The molecule has 0 unspecified atom stereocenters. The maximum absolute atomic E-state index is 2.36. The van der Waals surface area contributed by atoms with Crippen LogP contribution in [0.25, 0.3) is 109 Å². The van der Waals surface area contributed by atoms with Crippen LogP contribution in [-0.2, 0) is 0 Å². The number of hydrogen-bond acceptors (Lipinski definition) is 0. The molecule has 0 saturated carbocycles. The Bertz CT molecular complexity index is 3060. The Morgan fingerprint density at radius 1 is 0.167 bits per heavy atom. The van der Waals surface area contributed by atoms with Crippen molar-refractivity contribution >= 4 is 64.6 Å². The third kappa shape index (κ3) is 5.07. The third-order valence-corrected chi connectivity index (χ3v) is 11.4. The van der Waals surface area contributed by atoms with E-state index in [0.29, 0.717) is 0 Å². The quantitative estimate of drug-likeness (QED) is 0.162. The molecule has 0 bridgehead atoms. The third-order valence-electron chi connectivity index (χ3n) is 11.4. The molecular weight excluding hydrogens is 649 g/mol. The Morgan fingerprint density at radius 3 is 0.981 bits per heavy atom. The van der Waals surface area contributed by atoms with Crippen LogP contribution in [0, 0.1) is 0 Å². The summed E-state index contributed by atoms with van der Waals surface area (Å²) in [6.45, 7) is 0. The molecule has 11 rings (SSSR count). The summed E-state index contributed by atoms with van der Waals surface area (Å²) < 4.78 is 0. The van der Waals surface area contributed by atoms with Crippen LogP contribution >= 0.6 is 0 Å². The van der Waals surface area contributed by atoms with Gasteiger partial charge in [-0.1, -0.05) is 164 Å². The number of hydrogen-bond donors (Lipinski definition) is 0. The average molecular weight is 683 g/mol. The molecule has 0 aromatic heterocycles. The van der Waals surface area contributed by atoms with Gasteiger partial charge in [0.15, 0.2) is 0 Å². The zero-order valence-electron chi connectivity index (χ0n) is 29.6. The molecule has 0 fully saturated rings. The lowest BCUT2D eigenvalue weighted by Gasteiger charge is -2.13. The molecule has 11 aromatic carbocycles. The minimum absolute atomic E-state index is 1.22. The van der Waals surface area contributed by atoms with Crippen LogP contribution in [0.4, 0.5) is 0 Å². The lowest BCUT2D eigenvalue weighted by atomic mass is 9.91. The molecule has 0 spiro atoms. The van der Waals surface area contributed by atoms with Crippen LogP contribution in [0.1, 0.15) is 0 Å². The van der Waals surface area contributed by atoms with Crippen molar-refractivity contribution in [3.8, 4) is 44.5 Å². The maximum atomic E-state index is 2.36. The van der Waals surface area contributed by atoms with Crippen LogP contribution in [0.2, 0.25) is 0 Å². The Hall–Kier alpha value is -7.02. The Kier molecular flexibility index (Phi) is 6.97. The van der Waals surface area contributed by atoms with Gasteiger partial charge in [0.2, 0.25) is 0 Å². The van der Waals surface area contributed by atoms with E-state index in [0.717, 1.165) is 0 Å². The van der Waals surface area contributed by atoms with Gasteiger partial charge in [0.1, 0.15) is 0 Å². The summed E-state index contributed by atoms with van der Waals surface area (Å²) in [5.41, 5.74) is 9.89. The van der Waals surface area contributed by atoms with Crippen LogP contribution in [0.15, 0.2) is 206 Å². The van der Waals surface area contributed by atoms with Crippen molar-refractivity contribution in [3.05, 3.63) is 206 Å². The first-order valence-electron chi connectivity index (χ1n) is 18.7. The fraction of sp³-hybridized carbons (Fsp3) is 0. The van der Waals surface area contributed by atoms with Crippen LogP contribution in [-0.4, -0.2) is 0 Å². The summed E-state index contributed by atoms with van der Waals surface area (Å²) >= 11 is 0. The molecule has 0 atom stereocenters. The summed E-state index contributed by atoms with van der Waals surface area (Å²) in [5.74, 6) is 0. The second-order valence-corrected chi connectivity index (χ2v) is 14.5. The monoisotopic (exact) mass is 682 g/mol. The normalized spacial score (nSPS) is 11.7. The molecule has 0 radical (unpaired) electrons.